The second-order valence-corrected chi connectivity index (χ2v) is 8.62. The molecule has 1 aliphatic heterocycles. The number of hydrogen-bond donors (Lipinski definition) is 0. The number of aryl methyl sites for hydroxylation is 2. The van der Waals surface area contributed by atoms with E-state index < -0.39 is 0 Å². The maximum absolute atomic E-state index is 13.7. The molecular formula is C26H21NO2. The van der Waals surface area contributed by atoms with Gasteiger partial charge in [0.15, 0.2) is 0 Å². The fourth-order valence-electron chi connectivity index (χ4n) is 5.87. The molecular weight excluding hydrogens is 358 g/mol. The molecule has 29 heavy (non-hydrogen) atoms. The number of nitrogens with zero attached hydrogens (tertiary/aromatic N) is 1. The lowest BCUT2D eigenvalue weighted by Gasteiger charge is -2.46. The SMILES string of the molecule is Cc1cccc(N2C(=O)[C@@H]3[C@@H]4c5ccccc5[C@H](c5cc(C)ccc54)[C@H]3C2=O)c1. The summed E-state index contributed by atoms with van der Waals surface area (Å²) < 4.78 is 0. The number of anilines is 1. The van der Waals surface area contributed by atoms with Crippen LogP contribution in [0.15, 0.2) is 66.7 Å². The van der Waals surface area contributed by atoms with Crippen LogP contribution < -0.4 is 4.90 Å². The first-order valence-electron chi connectivity index (χ1n) is 10.2. The summed E-state index contributed by atoms with van der Waals surface area (Å²) in [6, 6.07) is 22.6. The van der Waals surface area contributed by atoms with Gasteiger partial charge >= 0.3 is 0 Å². The topological polar surface area (TPSA) is 37.4 Å². The molecule has 0 unspecified atom stereocenters. The quantitative estimate of drug-likeness (QED) is 0.575. The molecule has 3 aliphatic carbocycles. The predicted molar refractivity (Wildman–Crippen MR) is 112 cm³/mol. The third kappa shape index (κ3) is 2.08. The van der Waals surface area contributed by atoms with Gasteiger partial charge in [-0.15, -0.1) is 0 Å². The van der Waals surface area contributed by atoms with Gasteiger partial charge < -0.3 is 0 Å². The summed E-state index contributed by atoms with van der Waals surface area (Å²) in [6.45, 7) is 4.08. The number of benzene rings is 3. The Morgan fingerprint density at radius 3 is 1.86 bits per heavy atom. The number of hydrogen-bond acceptors (Lipinski definition) is 2. The first-order chi connectivity index (χ1) is 14.1. The van der Waals surface area contributed by atoms with Crippen molar-refractivity contribution in [3.05, 3.63) is 100 Å². The van der Waals surface area contributed by atoms with Gasteiger partial charge in [-0.3, -0.25) is 9.59 Å². The largest absolute Gasteiger partial charge is 0.274 e. The normalized spacial score (nSPS) is 26.3. The summed E-state index contributed by atoms with van der Waals surface area (Å²) in [5.41, 5.74) is 7.79. The summed E-state index contributed by atoms with van der Waals surface area (Å²) in [7, 11) is 0. The molecule has 0 saturated carbocycles. The molecule has 4 atom stereocenters. The van der Waals surface area contributed by atoms with Gasteiger partial charge in [-0.25, -0.2) is 4.90 Å². The van der Waals surface area contributed by atoms with Crippen LogP contribution in [0.5, 0.6) is 0 Å². The van der Waals surface area contributed by atoms with Gasteiger partial charge in [0.25, 0.3) is 0 Å². The Kier molecular flexibility index (Phi) is 3.27. The standard InChI is InChI=1S/C26H21NO2/c1-14-6-5-7-16(12-14)27-25(28)23-21-17-8-3-4-9-18(17)22(24(23)26(27)29)20-13-15(2)10-11-19(20)21/h3-13,21-24H,1-2H3/t21-,22-,23-,24-/m1/s1. The fourth-order valence-corrected chi connectivity index (χ4v) is 5.87. The number of imide groups is 1. The zero-order valence-corrected chi connectivity index (χ0v) is 16.4. The van der Waals surface area contributed by atoms with Crippen LogP contribution in [0.3, 0.4) is 0 Å². The van der Waals surface area contributed by atoms with E-state index in [2.05, 4.69) is 37.3 Å². The highest BCUT2D eigenvalue weighted by atomic mass is 16.2. The molecule has 0 spiro atoms. The molecule has 3 nitrogen and oxygen atoms in total. The van der Waals surface area contributed by atoms with E-state index in [1.165, 1.54) is 32.7 Å². The first kappa shape index (κ1) is 16.7. The molecule has 4 aliphatic rings. The van der Waals surface area contributed by atoms with E-state index in [4.69, 9.17) is 0 Å². The van der Waals surface area contributed by atoms with E-state index in [1.54, 1.807) is 0 Å². The van der Waals surface area contributed by atoms with E-state index >= 15 is 0 Å². The van der Waals surface area contributed by atoms with Gasteiger partial charge in [-0.2, -0.15) is 0 Å². The summed E-state index contributed by atoms with van der Waals surface area (Å²) in [5.74, 6) is -0.857. The third-order valence-corrected chi connectivity index (χ3v) is 6.95. The van der Waals surface area contributed by atoms with Crippen molar-refractivity contribution in [1.82, 2.24) is 0 Å². The van der Waals surface area contributed by atoms with Crippen LogP contribution in [0.1, 0.15) is 45.2 Å². The van der Waals surface area contributed by atoms with Crippen molar-refractivity contribution in [3.63, 3.8) is 0 Å². The highest BCUT2D eigenvalue weighted by Crippen LogP contribution is 2.61. The second-order valence-electron chi connectivity index (χ2n) is 8.62. The molecule has 1 saturated heterocycles. The van der Waals surface area contributed by atoms with Gasteiger partial charge in [0, 0.05) is 11.8 Å². The van der Waals surface area contributed by atoms with E-state index in [1.807, 2.05) is 43.3 Å². The third-order valence-electron chi connectivity index (χ3n) is 6.95. The highest BCUT2D eigenvalue weighted by molar-refractivity contribution is 6.23. The molecule has 3 heteroatoms. The number of carbonyl (C=O) groups excluding carboxylic acids is 2. The van der Waals surface area contributed by atoms with Crippen LogP contribution >= 0.6 is 0 Å². The van der Waals surface area contributed by atoms with Crippen LogP contribution in [0, 0.1) is 25.7 Å². The summed E-state index contributed by atoms with van der Waals surface area (Å²) in [6.07, 6.45) is 0. The molecule has 3 aromatic rings. The Labute approximate surface area is 170 Å². The van der Waals surface area contributed by atoms with Crippen LogP contribution in [-0.2, 0) is 9.59 Å². The van der Waals surface area contributed by atoms with E-state index in [0.29, 0.717) is 5.69 Å². The molecule has 0 N–H and O–H groups in total. The van der Waals surface area contributed by atoms with Crippen LogP contribution in [-0.4, -0.2) is 11.8 Å². The molecule has 2 amide bonds. The van der Waals surface area contributed by atoms with Gasteiger partial charge in [-0.05, 0) is 53.8 Å². The van der Waals surface area contributed by atoms with Crippen molar-refractivity contribution in [3.8, 4) is 0 Å². The Morgan fingerprint density at radius 1 is 0.621 bits per heavy atom. The van der Waals surface area contributed by atoms with E-state index in [9.17, 15) is 9.59 Å². The molecule has 0 aromatic heterocycles. The summed E-state index contributed by atoms with van der Waals surface area (Å²) in [5, 5.41) is 0. The Morgan fingerprint density at radius 2 is 1.21 bits per heavy atom. The van der Waals surface area contributed by atoms with Crippen molar-refractivity contribution in [2.75, 3.05) is 4.90 Å². The summed E-state index contributed by atoms with van der Waals surface area (Å²) in [4.78, 5) is 28.8. The smallest absolute Gasteiger partial charge is 0.238 e. The van der Waals surface area contributed by atoms with Gasteiger partial charge in [-0.1, -0.05) is 60.2 Å². The van der Waals surface area contributed by atoms with Crippen LogP contribution in [0.4, 0.5) is 5.69 Å². The minimum absolute atomic E-state index is 0.0527. The van der Waals surface area contributed by atoms with Gasteiger partial charge in [0.1, 0.15) is 0 Å². The van der Waals surface area contributed by atoms with Crippen molar-refractivity contribution in [2.45, 2.75) is 25.7 Å². The Bertz CT molecular complexity index is 1210. The summed E-state index contributed by atoms with van der Waals surface area (Å²) >= 11 is 0. The number of rotatable bonds is 1. The second kappa shape index (κ2) is 5.66. The monoisotopic (exact) mass is 379 g/mol. The number of amides is 2. The molecule has 142 valence electrons. The average Bonchev–Trinajstić information content (AvgIpc) is 2.99. The molecule has 7 rings (SSSR count). The molecule has 1 heterocycles. The zero-order chi connectivity index (χ0) is 19.9. The van der Waals surface area contributed by atoms with Crippen molar-refractivity contribution >= 4 is 17.5 Å². The fraction of sp³-hybridized carbons (Fsp3) is 0.231. The van der Waals surface area contributed by atoms with Crippen molar-refractivity contribution in [2.24, 2.45) is 11.8 Å². The maximum atomic E-state index is 13.7. The lowest BCUT2D eigenvalue weighted by molar-refractivity contribution is -0.122. The lowest BCUT2D eigenvalue weighted by atomic mass is 9.55. The molecule has 2 bridgehead atoms. The first-order valence-corrected chi connectivity index (χ1v) is 10.2. The highest BCUT2D eigenvalue weighted by Gasteiger charge is 2.61. The van der Waals surface area contributed by atoms with Crippen molar-refractivity contribution < 1.29 is 9.59 Å². The van der Waals surface area contributed by atoms with Crippen LogP contribution in [0.25, 0.3) is 0 Å². The predicted octanol–water partition coefficient (Wildman–Crippen LogP) is 4.70. The Balaban J connectivity index is 1.58. The van der Waals surface area contributed by atoms with Crippen LogP contribution in [0.2, 0.25) is 0 Å². The number of carbonyl (C=O) groups is 2. The average molecular weight is 379 g/mol. The van der Waals surface area contributed by atoms with Gasteiger partial charge in [0.05, 0.1) is 17.5 Å². The molecule has 0 radical (unpaired) electrons. The maximum Gasteiger partial charge on any atom is 0.238 e. The lowest BCUT2D eigenvalue weighted by Crippen LogP contribution is -2.41. The zero-order valence-electron chi connectivity index (χ0n) is 16.4. The van der Waals surface area contributed by atoms with E-state index in [-0.39, 0.29) is 35.5 Å². The van der Waals surface area contributed by atoms with Crippen molar-refractivity contribution in [1.29, 1.82) is 0 Å². The molecule has 3 aromatic carbocycles. The minimum atomic E-state index is -0.322. The van der Waals surface area contributed by atoms with E-state index in [0.717, 1.165) is 5.56 Å². The van der Waals surface area contributed by atoms with Gasteiger partial charge in [0.2, 0.25) is 11.8 Å². The molecule has 1 fully saturated rings. The minimum Gasteiger partial charge on any atom is -0.274 e. The Hall–Kier alpha value is -3.20.